The first-order chi connectivity index (χ1) is 11.1. The smallest absolute Gasteiger partial charge is 0.276 e. The molecule has 0 aliphatic carbocycles. The number of hydrogen-bond acceptors (Lipinski definition) is 6. The average molecular weight is 320 g/mol. The first kappa shape index (κ1) is 15.3. The summed E-state index contributed by atoms with van der Waals surface area (Å²) in [5, 5.41) is 7.55. The molecule has 8 nitrogen and oxygen atoms in total. The molecule has 1 saturated heterocycles. The van der Waals surface area contributed by atoms with Crippen molar-refractivity contribution in [3.63, 3.8) is 0 Å². The minimum absolute atomic E-state index is 0.0596. The number of carbonyl (C=O) groups is 1. The molecular weight excluding hydrogens is 303 g/mol. The zero-order chi connectivity index (χ0) is 16.4. The van der Waals surface area contributed by atoms with Gasteiger partial charge in [0, 0.05) is 20.0 Å². The van der Waals surface area contributed by atoms with Crippen LogP contribution in [0.15, 0.2) is 12.5 Å². The van der Waals surface area contributed by atoms with Gasteiger partial charge in [0.1, 0.15) is 12.4 Å². The van der Waals surface area contributed by atoms with Crippen molar-refractivity contribution in [3.8, 4) is 5.88 Å². The van der Waals surface area contributed by atoms with Crippen molar-refractivity contribution in [2.75, 3.05) is 13.1 Å². The van der Waals surface area contributed by atoms with E-state index >= 15 is 0 Å². The molecule has 122 valence electrons. The lowest BCUT2D eigenvalue weighted by atomic mass is 10.3. The summed E-state index contributed by atoms with van der Waals surface area (Å²) in [5.41, 5.74) is 0.607. The zero-order valence-corrected chi connectivity index (χ0v) is 12.9. The fourth-order valence-electron chi connectivity index (χ4n) is 2.49. The number of aromatic nitrogens is 5. The van der Waals surface area contributed by atoms with Crippen LogP contribution < -0.4 is 4.74 Å². The van der Waals surface area contributed by atoms with Crippen molar-refractivity contribution in [1.82, 2.24) is 29.9 Å². The van der Waals surface area contributed by atoms with E-state index in [0.717, 1.165) is 0 Å². The Morgan fingerprint density at radius 1 is 1.48 bits per heavy atom. The predicted molar refractivity (Wildman–Crippen MR) is 77.3 cm³/mol. The number of hydrogen-bond donors (Lipinski definition) is 0. The second-order valence-electron chi connectivity index (χ2n) is 5.35. The second-order valence-corrected chi connectivity index (χ2v) is 5.35. The van der Waals surface area contributed by atoms with Crippen LogP contribution in [0.25, 0.3) is 0 Å². The number of nitrogens with zero attached hydrogens (tertiary/aromatic N) is 6. The average Bonchev–Trinajstić information content (AvgIpc) is 3.18. The zero-order valence-electron chi connectivity index (χ0n) is 12.9. The third kappa shape index (κ3) is 3.13. The van der Waals surface area contributed by atoms with Gasteiger partial charge < -0.3 is 9.64 Å². The van der Waals surface area contributed by atoms with E-state index in [9.17, 15) is 9.18 Å². The molecule has 2 aromatic rings. The van der Waals surface area contributed by atoms with Crippen molar-refractivity contribution in [2.24, 2.45) is 7.05 Å². The predicted octanol–water partition coefficient (Wildman–Crippen LogP) is 0.600. The fraction of sp³-hybridized carbons (Fsp3) is 0.500. The van der Waals surface area contributed by atoms with Gasteiger partial charge in [-0.25, -0.2) is 4.98 Å². The molecule has 1 amide bonds. The summed E-state index contributed by atoms with van der Waals surface area (Å²) in [5.74, 6) is -0.800. The normalized spacial score (nSPS) is 17.5. The summed E-state index contributed by atoms with van der Waals surface area (Å²) in [6, 6.07) is 0. The second kappa shape index (κ2) is 6.27. The summed E-state index contributed by atoms with van der Waals surface area (Å²) < 4.78 is 21.2. The van der Waals surface area contributed by atoms with Crippen molar-refractivity contribution < 1.29 is 13.9 Å². The Balaban J connectivity index is 1.65. The molecule has 9 heteroatoms. The molecule has 0 N–H and O–H groups in total. The monoisotopic (exact) mass is 320 g/mol. The van der Waals surface area contributed by atoms with Crippen LogP contribution in [-0.2, 0) is 13.5 Å². The molecule has 0 aromatic carbocycles. The third-order valence-corrected chi connectivity index (χ3v) is 3.70. The molecule has 1 unspecified atom stereocenters. The van der Waals surface area contributed by atoms with Crippen LogP contribution in [0.2, 0.25) is 0 Å². The van der Waals surface area contributed by atoms with Crippen molar-refractivity contribution in [1.29, 1.82) is 0 Å². The van der Waals surface area contributed by atoms with Crippen LogP contribution in [0.1, 0.15) is 29.5 Å². The molecule has 0 spiro atoms. The molecule has 3 heterocycles. The van der Waals surface area contributed by atoms with Gasteiger partial charge in [0.2, 0.25) is 5.82 Å². The van der Waals surface area contributed by atoms with Crippen molar-refractivity contribution >= 4 is 5.91 Å². The van der Waals surface area contributed by atoms with E-state index in [2.05, 4.69) is 20.3 Å². The van der Waals surface area contributed by atoms with Crippen LogP contribution in [0, 0.1) is 5.82 Å². The highest BCUT2D eigenvalue weighted by atomic mass is 19.1. The number of carbonyl (C=O) groups excluding carboxylic acids is 1. The Hall–Kier alpha value is -2.58. The summed E-state index contributed by atoms with van der Waals surface area (Å²) in [6.45, 7) is 2.69. The lowest BCUT2D eigenvalue weighted by Gasteiger charge is -2.16. The lowest BCUT2D eigenvalue weighted by molar-refractivity contribution is 0.0764. The Bertz CT molecular complexity index is 719. The third-order valence-electron chi connectivity index (χ3n) is 3.70. The van der Waals surface area contributed by atoms with Crippen LogP contribution in [0.3, 0.4) is 0 Å². The van der Waals surface area contributed by atoms with E-state index in [4.69, 9.17) is 4.74 Å². The topological polar surface area (TPSA) is 86.0 Å². The first-order valence-corrected chi connectivity index (χ1v) is 7.40. The van der Waals surface area contributed by atoms with Crippen LogP contribution in [0.5, 0.6) is 5.88 Å². The minimum Gasteiger partial charge on any atom is -0.470 e. The Morgan fingerprint density at radius 3 is 3.00 bits per heavy atom. The molecule has 3 rings (SSSR count). The molecule has 2 aromatic heterocycles. The van der Waals surface area contributed by atoms with Crippen molar-refractivity contribution in [3.05, 3.63) is 29.7 Å². The largest absolute Gasteiger partial charge is 0.470 e. The van der Waals surface area contributed by atoms with Gasteiger partial charge in [-0.3, -0.25) is 9.48 Å². The molecule has 23 heavy (non-hydrogen) atoms. The number of likely N-dealkylation sites (tertiary alicyclic amines) is 1. The molecule has 1 aliphatic heterocycles. The van der Waals surface area contributed by atoms with Gasteiger partial charge in [-0.15, -0.1) is 5.10 Å². The van der Waals surface area contributed by atoms with Gasteiger partial charge in [0.15, 0.2) is 5.69 Å². The summed E-state index contributed by atoms with van der Waals surface area (Å²) in [4.78, 5) is 21.6. The standard InChI is InChI=1S/C14H17FN6O2/c1-3-10-12(15)13(17-8-16-10)23-9-4-5-21(6-9)14(22)11-7-20(2)19-18-11/h7-9H,3-6H2,1-2H3. The number of ether oxygens (including phenoxy) is 1. The molecule has 1 fully saturated rings. The van der Waals surface area contributed by atoms with E-state index in [1.807, 2.05) is 6.92 Å². The van der Waals surface area contributed by atoms with E-state index in [1.165, 1.54) is 11.0 Å². The number of amides is 1. The van der Waals surface area contributed by atoms with Gasteiger partial charge in [0.05, 0.1) is 18.4 Å². The SMILES string of the molecule is CCc1ncnc(OC2CCN(C(=O)c3cn(C)nn3)C2)c1F. The van der Waals surface area contributed by atoms with E-state index in [0.29, 0.717) is 31.6 Å². The molecule has 0 bridgehead atoms. The number of halogens is 1. The van der Waals surface area contributed by atoms with E-state index in [-0.39, 0.29) is 23.6 Å². The lowest BCUT2D eigenvalue weighted by Crippen LogP contribution is -2.31. The van der Waals surface area contributed by atoms with Crippen LogP contribution in [0.4, 0.5) is 4.39 Å². The van der Waals surface area contributed by atoms with Crippen molar-refractivity contribution in [2.45, 2.75) is 25.9 Å². The first-order valence-electron chi connectivity index (χ1n) is 7.40. The quantitative estimate of drug-likeness (QED) is 0.820. The van der Waals surface area contributed by atoms with Gasteiger partial charge in [-0.1, -0.05) is 12.1 Å². The highest BCUT2D eigenvalue weighted by Gasteiger charge is 2.30. The number of rotatable bonds is 4. The maximum Gasteiger partial charge on any atom is 0.276 e. The molecule has 0 saturated carbocycles. The Labute approximate surface area is 132 Å². The molecule has 1 atom stereocenters. The van der Waals surface area contributed by atoms with E-state index in [1.54, 1.807) is 18.1 Å². The van der Waals surface area contributed by atoms with Gasteiger partial charge >= 0.3 is 0 Å². The number of aryl methyl sites for hydroxylation is 2. The summed E-state index contributed by atoms with van der Waals surface area (Å²) in [7, 11) is 1.70. The molecular formula is C14H17FN6O2. The van der Waals surface area contributed by atoms with Crippen LogP contribution in [-0.4, -0.2) is 55.0 Å². The summed E-state index contributed by atoms with van der Waals surface area (Å²) in [6.07, 6.45) is 3.62. The van der Waals surface area contributed by atoms with Gasteiger partial charge in [-0.05, 0) is 6.42 Å². The van der Waals surface area contributed by atoms with Gasteiger partial charge in [-0.2, -0.15) is 9.37 Å². The van der Waals surface area contributed by atoms with E-state index < -0.39 is 5.82 Å². The summed E-state index contributed by atoms with van der Waals surface area (Å²) >= 11 is 0. The molecule has 0 radical (unpaired) electrons. The Kier molecular flexibility index (Phi) is 4.18. The highest BCUT2D eigenvalue weighted by molar-refractivity contribution is 5.92. The fourth-order valence-corrected chi connectivity index (χ4v) is 2.49. The molecule has 1 aliphatic rings. The minimum atomic E-state index is -0.534. The van der Waals surface area contributed by atoms with Crippen LogP contribution >= 0.6 is 0 Å². The van der Waals surface area contributed by atoms with Gasteiger partial charge in [0.25, 0.3) is 11.8 Å². The Morgan fingerprint density at radius 2 is 2.30 bits per heavy atom. The maximum absolute atomic E-state index is 14.1. The maximum atomic E-state index is 14.1. The highest BCUT2D eigenvalue weighted by Crippen LogP contribution is 2.21.